The lowest BCUT2D eigenvalue weighted by molar-refractivity contribution is -0.126. The van der Waals surface area contributed by atoms with Gasteiger partial charge in [0.1, 0.15) is 6.10 Å². The van der Waals surface area contributed by atoms with Crippen molar-refractivity contribution in [3.05, 3.63) is 0 Å². The number of unbranched alkanes of at least 4 members (excludes halogenated alkanes) is 3. The maximum atomic E-state index is 10.4. The lowest BCUT2D eigenvalue weighted by Crippen LogP contribution is -2.27. The number of carbonyl (C=O) groups excluding carboxylic acids is 2. The molecule has 0 aliphatic heterocycles. The summed E-state index contributed by atoms with van der Waals surface area (Å²) >= 11 is 0. The van der Waals surface area contributed by atoms with E-state index >= 15 is 0 Å². The zero-order valence-corrected chi connectivity index (χ0v) is 8.24. The van der Waals surface area contributed by atoms with Crippen LogP contribution in [0, 0.1) is 0 Å². The van der Waals surface area contributed by atoms with Crippen LogP contribution in [-0.4, -0.2) is 23.0 Å². The third kappa shape index (κ3) is 7.54. The van der Waals surface area contributed by atoms with Crippen LogP contribution in [0.25, 0.3) is 0 Å². The van der Waals surface area contributed by atoms with Gasteiger partial charge >= 0.3 is 0 Å². The number of hydrogen-bond donors (Lipinski definition) is 3. The summed E-state index contributed by atoms with van der Waals surface area (Å²) in [5.74, 6) is -0.968. The Morgan fingerprint density at radius 1 is 1.07 bits per heavy atom. The Hall–Kier alpha value is -1.10. The van der Waals surface area contributed by atoms with E-state index in [0.29, 0.717) is 12.8 Å². The monoisotopic (exact) mass is 202 g/mol. The van der Waals surface area contributed by atoms with Gasteiger partial charge in [-0.3, -0.25) is 9.59 Å². The van der Waals surface area contributed by atoms with Crippen molar-refractivity contribution < 1.29 is 14.7 Å². The smallest absolute Gasteiger partial charge is 0.246 e. The van der Waals surface area contributed by atoms with Crippen LogP contribution in [0.15, 0.2) is 0 Å². The van der Waals surface area contributed by atoms with Crippen molar-refractivity contribution in [1.82, 2.24) is 0 Å². The van der Waals surface area contributed by atoms with E-state index in [1.807, 2.05) is 0 Å². The van der Waals surface area contributed by atoms with Gasteiger partial charge in [-0.25, -0.2) is 0 Å². The SMILES string of the molecule is NC(=O)CCCCCCC(O)C(N)=O. The maximum absolute atomic E-state index is 10.4. The molecule has 14 heavy (non-hydrogen) atoms. The van der Waals surface area contributed by atoms with Gasteiger partial charge in [-0.2, -0.15) is 0 Å². The number of aliphatic hydroxyl groups excluding tert-OH is 1. The minimum atomic E-state index is -1.04. The quantitative estimate of drug-likeness (QED) is 0.468. The molecule has 0 spiro atoms. The average Bonchev–Trinajstić information content (AvgIpc) is 2.09. The minimum absolute atomic E-state index is 0.290. The van der Waals surface area contributed by atoms with Crippen LogP contribution in [-0.2, 0) is 9.59 Å². The summed E-state index contributed by atoms with van der Waals surface area (Å²) in [5, 5.41) is 9.02. The highest BCUT2D eigenvalue weighted by atomic mass is 16.3. The zero-order valence-electron chi connectivity index (χ0n) is 8.24. The van der Waals surface area contributed by atoms with Gasteiger partial charge in [-0.05, 0) is 12.8 Å². The summed E-state index contributed by atoms with van der Waals surface area (Å²) in [5.41, 5.74) is 9.82. The fourth-order valence-corrected chi connectivity index (χ4v) is 1.13. The van der Waals surface area contributed by atoms with E-state index in [2.05, 4.69) is 0 Å². The van der Waals surface area contributed by atoms with Gasteiger partial charge in [0.2, 0.25) is 11.8 Å². The standard InChI is InChI=1S/C9H18N2O3/c10-8(13)6-4-2-1-3-5-7(12)9(11)14/h7,12H,1-6H2,(H2,10,13)(H2,11,14). The average molecular weight is 202 g/mol. The molecule has 0 aliphatic rings. The molecule has 0 fully saturated rings. The molecule has 5 N–H and O–H groups in total. The molecule has 1 unspecified atom stereocenters. The number of primary amides is 2. The van der Waals surface area contributed by atoms with E-state index in [1.165, 1.54) is 0 Å². The highest BCUT2D eigenvalue weighted by Crippen LogP contribution is 2.06. The topological polar surface area (TPSA) is 106 Å². The van der Waals surface area contributed by atoms with Crippen molar-refractivity contribution >= 4 is 11.8 Å². The molecule has 2 amide bonds. The molecule has 0 rings (SSSR count). The van der Waals surface area contributed by atoms with Crippen LogP contribution in [0.2, 0.25) is 0 Å². The molecule has 0 aromatic heterocycles. The first-order chi connectivity index (χ1) is 6.54. The van der Waals surface area contributed by atoms with Crippen LogP contribution in [0.1, 0.15) is 38.5 Å². The number of rotatable bonds is 8. The van der Waals surface area contributed by atoms with Crippen molar-refractivity contribution in [1.29, 1.82) is 0 Å². The summed E-state index contributed by atoms with van der Waals surface area (Å²) in [6.45, 7) is 0. The molecule has 82 valence electrons. The fourth-order valence-electron chi connectivity index (χ4n) is 1.13. The second kappa shape index (κ2) is 7.32. The number of nitrogens with two attached hydrogens (primary N) is 2. The molecule has 0 bridgehead atoms. The first-order valence-corrected chi connectivity index (χ1v) is 4.79. The predicted molar refractivity (Wildman–Crippen MR) is 52.1 cm³/mol. The molecule has 5 nitrogen and oxygen atoms in total. The van der Waals surface area contributed by atoms with Crippen molar-refractivity contribution in [3.63, 3.8) is 0 Å². The fraction of sp³-hybridized carbons (Fsp3) is 0.778. The van der Waals surface area contributed by atoms with Gasteiger partial charge < -0.3 is 16.6 Å². The highest BCUT2D eigenvalue weighted by Gasteiger charge is 2.09. The third-order valence-electron chi connectivity index (χ3n) is 1.98. The van der Waals surface area contributed by atoms with Gasteiger partial charge in [-0.1, -0.05) is 19.3 Å². The summed E-state index contributed by atoms with van der Waals surface area (Å²) < 4.78 is 0. The molecule has 0 saturated carbocycles. The summed E-state index contributed by atoms with van der Waals surface area (Å²) in [7, 11) is 0. The van der Waals surface area contributed by atoms with Crippen LogP contribution >= 0.6 is 0 Å². The molecule has 0 saturated heterocycles. The van der Waals surface area contributed by atoms with Gasteiger partial charge in [0.05, 0.1) is 0 Å². The third-order valence-corrected chi connectivity index (χ3v) is 1.98. The number of aliphatic hydroxyl groups is 1. The Morgan fingerprint density at radius 2 is 1.64 bits per heavy atom. The second-order valence-electron chi connectivity index (χ2n) is 3.34. The van der Waals surface area contributed by atoms with Gasteiger partial charge in [0.25, 0.3) is 0 Å². The second-order valence-corrected chi connectivity index (χ2v) is 3.34. The normalized spacial score (nSPS) is 12.4. The Morgan fingerprint density at radius 3 is 2.14 bits per heavy atom. The number of hydrogen-bond acceptors (Lipinski definition) is 3. The minimum Gasteiger partial charge on any atom is -0.383 e. The largest absolute Gasteiger partial charge is 0.383 e. The van der Waals surface area contributed by atoms with Crippen LogP contribution in [0.3, 0.4) is 0 Å². The lowest BCUT2D eigenvalue weighted by Gasteiger charge is -2.05. The first-order valence-electron chi connectivity index (χ1n) is 4.79. The molecule has 0 aromatic carbocycles. The molecule has 1 atom stereocenters. The number of amides is 2. The molecular weight excluding hydrogens is 184 g/mol. The van der Waals surface area contributed by atoms with E-state index in [9.17, 15) is 9.59 Å². The van der Waals surface area contributed by atoms with Gasteiger partial charge in [0.15, 0.2) is 0 Å². The van der Waals surface area contributed by atoms with E-state index in [1.54, 1.807) is 0 Å². The molecule has 0 heterocycles. The Bertz CT molecular complexity index is 194. The predicted octanol–water partition coefficient (Wildman–Crippen LogP) is -0.342. The Labute approximate surface area is 83.5 Å². The van der Waals surface area contributed by atoms with E-state index in [-0.39, 0.29) is 5.91 Å². The summed E-state index contributed by atoms with van der Waals surface area (Å²) in [6, 6.07) is 0. The maximum Gasteiger partial charge on any atom is 0.246 e. The molecule has 0 radical (unpaired) electrons. The van der Waals surface area contributed by atoms with Gasteiger partial charge in [0, 0.05) is 6.42 Å². The lowest BCUT2D eigenvalue weighted by atomic mass is 10.1. The van der Waals surface area contributed by atoms with Crippen molar-refractivity contribution in [3.8, 4) is 0 Å². The van der Waals surface area contributed by atoms with Crippen molar-refractivity contribution in [2.45, 2.75) is 44.6 Å². The van der Waals surface area contributed by atoms with Crippen LogP contribution in [0.4, 0.5) is 0 Å². The Kier molecular flexibility index (Phi) is 6.74. The highest BCUT2D eigenvalue weighted by molar-refractivity contribution is 5.78. The van der Waals surface area contributed by atoms with Crippen molar-refractivity contribution in [2.75, 3.05) is 0 Å². The summed E-state index contributed by atoms with van der Waals surface area (Å²) in [4.78, 5) is 20.8. The van der Waals surface area contributed by atoms with Gasteiger partial charge in [-0.15, -0.1) is 0 Å². The summed E-state index contributed by atoms with van der Waals surface area (Å²) in [6.07, 6.45) is 3.02. The van der Waals surface area contributed by atoms with E-state index in [0.717, 1.165) is 25.7 Å². The Balaban J connectivity index is 3.21. The number of carbonyl (C=O) groups is 2. The van der Waals surface area contributed by atoms with E-state index in [4.69, 9.17) is 16.6 Å². The van der Waals surface area contributed by atoms with Crippen LogP contribution < -0.4 is 11.5 Å². The van der Waals surface area contributed by atoms with E-state index < -0.39 is 12.0 Å². The van der Waals surface area contributed by atoms with Crippen molar-refractivity contribution in [2.24, 2.45) is 11.5 Å². The zero-order chi connectivity index (χ0) is 11.0. The molecule has 0 aromatic rings. The molecule has 0 aliphatic carbocycles. The molecular formula is C9H18N2O3. The molecule has 5 heteroatoms. The first kappa shape index (κ1) is 12.9. The van der Waals surface area contributed by atoms with Crippen LogP contribution in [0.5, 0.6) is 0 Å².